The Morgan fingerprint density at radius 3 is 3.05 bits per heavy atom. The van der Waals surface area contributed by atoms with Crippen molar-refractivity contribution >= 4 is 24.1 Å². The van der Waals surface area contributed by atoms with Crippen molar-refractivity contribution in [3.8, 4) is 0 Å². The fourth-order valence-corrected chi connectivity index (χ4v) is 2.47. The van der Waals surface area contributed by atoms with Crippen LogP contribution < -0.4 is 11.1 Å². The first-order valence-corrected chi connectivity index (χ1v) is 6.75. The van der Waals surface area contributed by atoms with Crippen molar-refractivity contribution in [2.75, 3.05) is 25.0 Å². The number of hydrogen-bond donors (Lipinski definition) is 2. The molecule has 7 heteroatoms. The first-order chi connectivity index (χ1) is 9.04. The molecule has 0 spiro atoms. The van der Waals surface area contributed by atoms with Crippen LogP contribution in [0.5, 0.6) is 0 Å². The molecule has 0 radical (unpaired) electrons. The summed E-state index contributed by atoms with van der Waals surface area (Å²) in [6, 6.07) is 1.89. The predicted octanol–water partition coefficient (Wildman–Crippen LogP) is 1.40. The largest absolute Gasteiger partial charge is 0.360 e. The van der Waals surface area contributed by atoms with Crippen LogP contribution in [0.4, 0.5) is 5.82 Å². The number of aromatic nitrogens is 1. The zero-order chi connectivity index (χ0) is 13.8. The van der Waals surface area contributed by atoms with E-state index in [1.54, 1.807) is 13.0 Å². The van der Waals surface area contributed by atoms with Gasteiger partial charge in [0.2, 0.25) is 5.91 Å². The Balaban J connectivity index is 0.00000200. The maximum absolute atomic E-state index is 11.9. The lowest BCUT2D eigenvalue weighted by atomic mass is 9.92. The van der Waals surface area contributed by atoms with Crippen molar-refractivity contribution < 1.29 is 9.32 Å². The van der Waals surface area contributed by atoms with E-state index in [1.165, 1.54) is 0 Å². The molecule has 2 rings (SSSR count). The Morgan fingerprint density at radius 2 is 2.45 bits per heavy atom. The predicted molar refractivity (Wildman–Crippen MR) is 79.9 cm³/mol. The van der Waals surface area contributed by atoms with Crippen LogP contribution in [0.25, 0.3) is 0 Å². The number of likely N-dealkylation sites (tertiary alicyclic amines) is 1. The number of anilines is 1. The number of carbonyl (C=O) groups excluding carboxylic acids is 1. The first kappa shape index (κ1) is 16.9. The average molecular weight is 303 g/mol. The molecular weight excluding hydrogens is 280 g/mol. The Bertz CT molecular complexity index is 436. The fraction of sp³-hybridized carbons (Fsp3) is 0.692. The molecule has 0 aromatic carbocycles. The monoisotopic (exact) mass is 302 g/mol. The van der Waals surface area contributed by atoms with Gasteiger partial charge in [0, 0.05) is 18.7 Å². The van der Waals surface area contributed by atoms with Crippen LogP contribution in [0.2, 0.25) is 0 Å². The summed E-state index contributed by atoms with van der Waals surface area (Å²) in [6.45, 7) is 6.06. The molecule has 1 aliphatic rings. The molecule has 1 aliphatic heterocycles. The Morgan fingerprint density at radius 1 is 1.70 bits per heavy atom. The number of nitrogens with zero attached hydrogens (tertiary/aromatic N) is 2. The number of nitrogens with two attached hydrogens (primary N) is 1. The van der Waals surface area contributed by atoms with Crippen LogP contribution in [-0.2, 0) is 4.79 Å². The number of nitrogens with one attached hydrogen (secondary N) is 1. The van der Waals surface area contributed by atoms with E-state index in [9.17, 15) is 4.79 Å². The maximum Gasteiger partial charge on any atom is 0.239 e. The Labute approximate surface area is 125 Å². The van der Waals surface area contributed by atoms with Crippen LogP contribution in [-0.4, -0.2) is 41.6 Å². The number of amides is 1. The third-order valence-corrected chi connectivity index (χ3v) is 3.55. The number of halogens is 1. The Kier molecular flexibility index (Phi) is 6.45. The van der Waals surface area contributed by atoms with E-state index < -0.39 is 0 Å². The van der Waals surface area contributed by atoms with Gasteiger partial charge in [-0.05, 0) is 39.2 Å². The minimum atomic E-state index is -0.0568. The van der Waals surface area contributed by atoms with Crippen LogP contribution in [0.1, 0.15) is 25.5 Å². The lowest BCUT2D eigenvalue weighted by molar-refractivity contribution is -0.117. The van der Waals surface area contributed by atoms with Gasteiger partial charge < -0.3 is 15.6 Å². The van der Waals surface area contributed by atoms with Gasteiger partial charge in [0.1, 0.15) is 5.76 Å². The zero-order valence-corrected chi connectivity index (χ0v) is 12.8. The van der Waals surface area contributed by atoms with Gasteiger partial charge in [0.15, 0.2) is 5.82 Å². The third-order valence-electron chi connectivity index (χ3n) is 3.55. The molecular formula is C13H23ClN4O2. The topological polar surface area (TPSA) is 84.4 Å². The molecule has 2 unspecified atom stereocenters. The quantitative estimate of drug-likeness (QED) is 0.878. The molecule has 0 bridgehead atoms. The second-order valence-electron chi connectivity index (χ2n) is 5.37. The number of aryl methyl sites for hydroxylation is 1. The molecule has 1 aromatic rings. The van der Waals surface area contributed by atoms with E-state index in [4.69, 9.17) is 10.3 Å². The van der Waals surface area contributed by atoms with E-state index in [2.05, 4.69) is 15.4 Å². The number of piperidine rings is 1. The number of hydrogen-bond acceptors (Lipinski definition) is 5. The average Bonchev–Trinajstić information content (AvgIpc) is 2.74. The van der Waals surface area contributed by atoms with E-state index >= 15 is 0 Å². The van der Waals surface area contributed by atoms with Gasteiger partial charge in [-0.25, -0.2) is 0 Å². The van der Waals surface area contributed by atoms with Gasteiger partial charge in [-0.15, -0.1) is 12.4 Å². The molecule has 6 nitrogen and oxygen atoms in total. The summed E-state index contributed by atoms with van der Waals surface area (Å²) >= 11 is 0. The molecule has 0 saturated carbocycles. The molecule has 3 N–H and O–H groups in total. The van der Waals surface area contributed by atoms with Crippen molar-refractivity contribution in [1.82, 2.24) is 10.1 Å². The van der Waals surface area contributed by atoms with Crippen molar-refractivity contribution in [2.24, 2.45) is 11.7 Å². The highest BCUT2D eigenvalue weighted by atomic mass is 35.5. The van der Waals surface area contributed by atoms with Gasteiger partial charge in [-0.1, -0.05) is 5.16 Å². The summed E-state index contributed by atoms with van der Waals surface area (Å²) < 4.78 is 4.91. The van der Waals surface area contributed by atoms with Gasteiger partial charge in [-0.2, -0.15) is 0 Å². The maximum atomic E-state index is 11.9. The normalized spacial score (nSPS) is 21.1. The highest BCUT2D eigenvalue weighted by Gasteiger charge is 2.24. The minimum absolute atomic E-state index is 0. The van der Waals surface area contributed by atoms with Crippen molar-refractivity contribution in [3.63, 3.8) is 0 Å². The van der Waals surface area contributed by atoms with E-state index in [0.717, 1.165) is 25.9 Å². The highest BCUT2D eigenvalue weighted by molar-refractivity contribution is 5.91. The molecule has 114 valence electrons. The molecule has 2 atom stereocenters. The summed E-state index contributed by atoms with van der Waals surface area (Å²) in [6.07, 6.45) is 2.25. The minimum Gasteiger partial charge on any atom is -0.360 e. The zero-order valence-electron chi connectivity index (χ0n) is 12.0. The summed E-state index contributed by atoms with van der Waals surface area (Å²) in [4.78, 5) is 14.1. The van der Waals surface area contributed by atoms with Gasteiger partial charge >= 0.3 is 0 Å². The fourth-order valence-electron chi connectivity index (χ4n) is 2.47. The second-order valence-corrected chi connectivity index (χ2v) is 5.37. The van der Waals surface area contributed by atoms with Crippen LogP contribution >= 0.6 is 12.4 Å². The molecule has 1 aromatic heterocycles. The smallest absolute Gasteiger partial charge is 0.239 e. The van der Waals surface area contributed by atoms with Gasteiger partial charge in [0.05, 0.1) is 6.54 Å². The summed E-state index contributed by atoms with van der Waals surface area (Å²) in [5.74, 6) is 1.59. The third kappa shape index (κ3) is 4.77. The molecule has 1 amide bonds. The van der Waals surface area contributed by atoms with E-state index in [-0.39, 0.29) is 24.4 Å². The Hall–Kier alpha value is -1.11. The van der Waals surface area contributed by atoms with Crippen LogP contribution in [0, 0.1) is 12.8 Å². The van der Waals surface area contributed by atoms with Crippen molar-refractivity contribution in [3.05, 3.63) is 11.8 Å². The van der Waals surface area contributed by atoms with Crippen molar-refractivity contribution in [1.29, 1.82) is 0 Å². The lowest BCUT2D eigenvalue weighted by Gasteiger charge is -2.34. The molecule has 2 heterocycles. The summed E-state index contributed by atoms with van der Waals surface area (Å²) in [5.41, 5.74) is 5.94. The molecule has 20 heavy (non-hydrogen) atoms. The lowest BCUT2D eigenvalue weighted by Crippen LogP contribution is -2.45. The summed E-state index contributed by atoms with van der Waals surface area (Å²) in [5, 5.41) is 6.48. The van der Waals surface area contributed by atoms with Gasteiger partial charge in [-0.3, -0.25) is 9.69 Å². The number of rotatable bonds is 4. The SMILES string of the molecule is Cc1cc(NC(=O)CN2CCCC(C(C)N)C2)no1.Cl. The summed E-state index contributed by atoms with van der Waals surface area (Å²) in [7, 11) is 0. The molecule has 1 saturated heterocycles. The van der Waals surface area contributed by atoms with Gasteiger partial charge in [0.25, 0.3) is 0 Å². The van der Waals surface area contributed by atoms with Crippen LogP contribution in [0.15, 0.2) is 10.6 Å². The highest BCUT2D eigenvalue weighted by Crippen LogP contribution is 2.18. The van der Waals surface area contributed by atoms with Crippen molar-refractivity contribution in [2.45, 2.75) is 32.7 Å². The van der Waals surface area contributed by atoms with E-state index in [1.807, 2.05) is 6.92 Å². The van der Waals surface area contributed by atoms with Crippen LogP contribution in [0.3, 0.4) is 0 Å². The standard InChI is InChI=1S/C13H22N4O2.ClH/c1-9-6-12(16-19-9)15-13(18)8-17-5-3-4-11(7-17)10(2)14;/h6,10-11H,3-5,7-8,14H2,1-2H3,(H,15,16,18);1H. The first-order valence-electron chi connectivity index (χ1n) is 6.75. The van der Waals surface area contributed by atoms with E-state index in [0.29, 0.717) is 24.0 Å². The number of carbonyl (C=O) groups is 1. The molecule has 0 aliphatic carbocycles. The second kappa shape index (κ2) is 7.61. The molecule has 1 fully saturated rings.